The van der Waals surface area contributed by atoms with E-state index in [4.69, 9.17) is 0 Å². The number of alkyl halides is 3. The van der Waals surface area contributed by atoms with Crippen LogP contribution in [0.2, 0.25) is 0 Å². The van der Waals surface area contributed by atoms with Crippen LogP contribution in [0, 0.1) is 6.92 Å². The first-order valence-corrected chi connectivity index (χ1v) is 9.73. The molecule has 4 nitrogen and oxygen atoms in total. The number of carbonyl (C=O) groups excluding carboxylic acids is 1. The van der Waals surface area contributed by atoms with Crippen molar-refractivity contribution < 1.29 is 18.0 Å². The van der Waals surface area contributed by atoms with Crippen LogP contribution in [0.3, 0.4) is 0 Å². The van der Waals surface area contributed by atoms with Crippen LogP contribution in [0.1, 0.15) is 51.6 Å². The molecule has 0 bridgehead atoms. The zero-order chi connectivity index (χ0) is 21.2. The molecule has 7 heteroatoms. The second-order valence-corrected chi connectivity index (χ2v) is 7.83. The SMILES string of the molecule is Cc1ccc(C(=O)N(C)C)c(C2CCN(Cc3cccc(C(F)(F)F)c3)CC2)n1. The quantitative estimate of drug-likeness (QED) is 0.752. The van der Waals surface area contributed by atoms with Gasteiger partial charge in [-0.2, -0.15) is 13.2 Å². The Bertz CT molecular complexity index is 872. The predicted molar refractivity (Wildman–Crippen MR) is 106 cm³/mol. The Labute approximate surface area is 169 Å². The molecule has 0 unspecified atom stereocenters. The van der Waals surface area contributed by atoms with Gasteiger partial charge in [-0.3, -0.25) is 14.7 Å². The number of aryl methyl sites for hydroxylation is 1. The second-order valence-electron chi connectivity index (χ2n) is 7.83. The Balaban J connectivity index is 1.69. The Kier molecular flexibility index (Phi) is 6.27. The first kappa shape index (κ1) is 21.3. The van der Waals surface area contributed by atoms with Gasteiger partial charge in [0.15, 0.2) is 0 Å². The number of halogens is 3. The molecule has 1 amide bonds. The minimum Gasteiger partial charge on any atom is -0.345 e. The van der Waals surface area contributed by atoms with Gasteiger partial charge in [0.05, 0.1) is 16.8 Å². The topological polar surface area (TPSA) is 36.4 Å². The van der Waals surface area contributed by atoms with Gasteiger partial charge in [-0.15, -0.1) is 0 Å². The number of rotatable bonds is 4. The monoisotopic (exact) mass is 405 g/mol. The average Bonchev–Trinajstić information content (AvgIpc) is 2.67. The summed E-state index contributed by atoms with van der Waals surface area (Å²) in [4.78, 5) is 20.9. The van der Waals surface area contributed by atoms with E-state index in [-0.39, 0.29) is 11.8 Å². The number of benzene rings is 1. The molecule has 1 aromatic heterocycles. The van der Waals surface area contributed by atoms with Crippen molar-refractivity contribution in [2.75, 3.05) is 27.2 Å². The van der Waals surface area contributed by atoms with Crippen LogP contribution in [0.4, 0.5) is 13.2 Å². The molecule has 1 aliphatic heterocycles. The van der Waals surface area contributed by atoms with Crippen LogP contribution in [0.25, 0.3) is 0 Å². The van der Waals surface area contributed by atoms with E-state index in [2.05, 4.69) is 9.88 Å². The van der Waals surface area contributed by atoms with Crippen molar-refractivity contribution >= 4 is 5.91 Å². The van der Waals surface area contributed by atoms with Gasteiger partial charge >= 0.3 is 6.18 Å². The van der Waals surface area contributed by atoms with E-state index in [1.807, 2.05) is 19.1 Å². The number of piperidine rings is 1. The molecule has 156 valence electrons. The van der Waals surface area contributed by atoms with Crippen LogP contribution >= 0.6 is 0 Å². The first-order chi connectivity index (χ1) is 13.6. The number of aromatic nitrogens is 1. The molecular formula is C22H26F3N3O. The Morgan fingerprint density at radius 1 is 1.17 bits per heavy atom. The van der Waals surface area contributed by atoms with Gasteiger partial charge in [0.2, 0.25) is 0 Å². The van der Waals surface area contributed by atoms with Crippen LogP contribution < -0.4 is 0 Å². The molecule has 29 heavy (non-hydrogen) atoms. The van der Waals surface area contributed by atoms with Gasteiger partial charge in [-0.05, 0) is 56.6 Å². The Morgan fingerprint density at radius 2 is 1.86 bits per heavy atom. The fourth-order valence-corrected chi connectivity index (χ4v) is 3.78. The van der Waals surface area contributed by atoms with Crippen molar-refractivity contribution in [3.63, 3.8) is 0 Å². The summed E-state index contributed by atoms with van der Waals surface area (Å²) in [6, 6.07) is 9.21. The third-order valence-corrected chi connectivity index (χ3v) is 5.34. The maximum atomic E-state index is 12.9. The molecule has 0 spiro atoms. The number of likely N-dealkylation sites (tertiary alicyclic amines) is 1. The highest BCUT2D eigenvalue weighted by atomic mass is 19.4. The third-order valence-electron chi connectivity index (χ3n) is 5.34. The zero-order valence-corrected chi connectivity index (χ0v) is 17.0. The summed E-state index contributed by atoms with van der Waals surface area (Å²) in [6.07, 6.45) is -2.68. The van der Waals surface area contributed by atoms with Gasteiger partial charge in [0.1, 0.15) is 0 Å². The summed E-state index contributed by atoms with van der Waals surface area (Å²) in [5.41, 5.74) is 2.40. The van der Waals surface area contributed by atoms with Gasteiger partial charge < -0.3 is 4.90 Å². The van der Waals surface area contributed by atoms with E-state index in [0.717, 1.165) is 43.4 Å². The van der Waals surface area contributed by atoms with Crippen molar-refractivity contribution in [2.45, 2.75) is 38.4 Å². The lowest BCUT2D eigenvalue weighted by Crippen LogP contribution is -2.34. The highest BCUT2D eigenvalue weighted by Crippen LogP contribution is 2.32. The molecule has 1 aliphatic rings. The highest BCUT2D eigenvalue weighted by Gasteiger charge is 2.31. The predicted octanol–water partition coefficient (Wildman–Crippen LogP) is 4.49. The van der Waals surface area contributed by atoms with Gasteiger partial charge in [0.25, 0.3) is 5.91 Å². The molecule has 0 radical (unpaired) electrons. The van der Waals surface area contributed by atoms with Gasteiger partial charge in [0, 0.05) is 32.3 Å². The minimum atomic E-state index is -4.32. The molecule has 0 saturated carbocycles. The number of pyridine rings is 1. The van der Waals surface area contributed by atoms with Crippen LogP contribution in [-0.2, 0) is 12.7 Å². The summed E-state index contributed by atoms with van der Waals surface area (Å²) in [7, 11) is 3.45. The molecule has 1 aromatic carbocycles. The van der Waals surface area contributed by atoms with Crippen LogP contribution in [-0.4, -0.2) is 47.9 Å². The molecule has 2 heterocycles. The van der Waals surface area contributed by atoms with Gasteiger partial charge in [-0.25, -0.2) is 0 Å². The lowest BCUT2D eigenvalue weighted by Gasteiger charge is -2.32. The molecule has 2 aromatic rings. The van der Waals surface area contributed by atoms with E-state index < -0.39 is 11.7 Å². The van der Waals surface area contributed by atoms with Crippen LogP contribution in [0.15, 0.2) is 36.4 Å². The molecular weight excluding hydrogens is 379 g/mol. The second kappa shape index (κ2) is 8.53. The van der Waals surface area contributed by atoms with Crippen molar-refractivity contribution in [2.24, 2.45) is 0 Å². The molecule has 3 rings (SSSR count). The maximum absolute atomic E-state index is 12.9. The lowest BCUT2D eigenvalue weighted by atomic mass is 9.89. The number of carbonyl (C=O) groups is 1. The number of nitrogens with zero attached hydrogens (tertiary/aromatic N) is 3. The van der Waals surface area contributed by atoms with Crippen molar-refractivity contribution in [3.8, 4) is 0 Å². The standard InChI is InChI=1S/C22H26F3N3O/c1-15-7-8-19(21(29)27(2)3)20(26-15)17-9-11-28(12-10-17)14-16-5-4-6-18(13-16)22(23,24)25/h4-8,13,17H,9-12,14H2,1-3H3. The van der Waals surface area contributed by atoms with E-state index in [1.54, 1.807) is 25.1 Å². The maximum Gasteiger partial charge on any atom is 0.416 e. The summed E-state index contributed by atoms with van der Waals surface area (Å²) < 4.78 is 38.8. The number of hydrogen-bond donors (Lipinski definition) is 0. The number of hydrogen-bond acceptors (Lipinski definition) is 3. The number of amides is 1. The van der Waals surface area contributed by atoms with Crippen LogP contribution in [0.5, 0.6) is 0 Å². The molecule has 0 N–H and O–H groups in total. The average molecular weight is 405 g/mol. The van der Waals surface area contributed by atoms with Crippen molar-refractivity contribution in [1.82, 2.24) is 14.8 Å². The molecule has 0 atom stereocenters. The third kappa shape index (κ3) is 5.15. The van der Waals surface area contributed by atoms with E-state index in [9.17, 15) is 18.0 Å². The Hall–Kier alpha value is -2.41. The fraction of sp³-hybridized carbons (Fsp3) is 0.455. The summed E-state index contributed by atoms with van der Waals surface area (Å²) in [5.74, 6) is 0.116. The first-order valence-electron chi connectivity index (χ1n) is 9.73. The minimum absolute atomic E-state index is 0.0566. The van der Waals surface area contributed by atoms with Crippen molar-refractivity contribution in [3.05, 3.63) is 64.5 Å². The summed E-state index contributed by atoms with van der Waals surface area (Å²) in [5, 5.41) is 0. The molecule has 1 fully saturated rings. The largest absolute Gasteiger partial charge is 0.416 e. The van der Waals surface area contributed by atoms with E-state index in [0.29, 0.717) is 17.7 Å². The lowest BCUT2D eigenvalue weighted by molar-refractivity contribution is -0.137. The summed E-state index contributed by atoms with van der Waals surface area (Å²) in [6.45, 7) is 3.91. The van der Waals surface area contributed by atoms with E-state index in [1.165, 1.54) is 12.1 Å². The van der Waals surface area contributed by atoms with Crippen molar-refractivity contribution in [1.29, 1.82) is 0 Å². The smallest absolute Gasteiger partial charge is 0.345 e. The zero-order valence-electron chi connectivity index (χ0n) is 17.0. The normalized spacial score (nSPS) is 16.1. The van der Waals surface area contributed by atoms with E-state index >= 15 is 0 Å². The van der Waals surface area contributed by atoms with Gasteiger partial charge in [-0.1, -0.05) is 18.2 Å². The Morgan fingerprint density at radius 3 is 2.48 bits per heavy atom. The summed E-state index contributed by atoms with van der Waals surface area (Å²) >= 11 is 0. The fourth-order valence-electron chi connectivity index (χ4n) is 3.78. The molecule has 1 saturated heterocycles. The highest BCUT2D eigenvalue weighted by molar-refractivity contribution is 5.95. The molecule has 0 aliphatic carbocycles.